The van der Waals surface area contributed by atoms with Crippen LogP contribution in [0.4, 0.5) is 11.4 Å². The van der Waals surface area contributed by atoms with Crippen molar-refractivity contribution in [3.8, 4) is 0 Å². The number of halogens is 1. The van der Waals surface area contributed by atoms with E-state index < -0.39 is 0 Å². The second-order valence-electron chi connectivity index (χ2n) is 9.75. The first-order valence-corrected chi connectivity index (χ1v) is 12.7. The number of nitrogens with zero attached hydrogens (tertiary/aromatic N) is 3. The third-order valence-corrected chi connectivity index (χ3v) is 8.30. The van der Waals surface area contributed by atoms with Gasteiger partial charge in [-0.25, -0.2) is 0 Å². The lowest BCUT2D eigenvalue weighted by Gasteiger charge is -2.41. The molecular weight excluding hydrogens is 504 g/mol. The molecule has 0 radical (unpaired) electrons. The number of nitrogens with one attached hydrogen (secondary N) is 1. The third kappa shape index (κ3) is 3.83. The second-order valence-corrected chi connectivity index (χ2v) is 11.0. The number of fused-ring (bicyclic) bond motifs is 1. The number of pyridine rings is 1. The highest BCUT2D eigenvalue weighted by Crippen LogP contribution is 2.45. The van der Waals surface area contributed by atoms with Crippen LogP contribution in [0.25, 0.3) is 5.57 Å². The summed E-state index contributed by atoms with van der Waals surface area (Å²) in [7, 11) is 2.17. The summed E-state index contributed by atoms with van der Waals surface area (Å²) in [5.41, 5.74) is 8.24. The van der Waals surface area contributed by atoms with Gasteiger partial charge in [-0.3, -0.25) is 4.98 Å². The quantitative estimate of drug-likeness (QED) is 0.368. The number of benzene rings is 2. The van der Waals surface area contributed by atoms with Gasteiger partial charge in [0, 0.05) is 34.7 Å². The predicted molar refractivity (Wildman–Crippen MR) is 149 cm³/mol. The summed E-state index contributed by atoms with van der Waals surface area (Å²) in [4.78, 5) is 9.28. The molecule has 1 N–H and O–H groups in total. The van der Waals surface area contributed by atoms with Crippen molar-refractivity contribution >= 4 is 50.2 Å². The zero-order valence-corrected chi connectivity index (χ0v) is 22.5. The SMILES string of the molecule is CC1=CC(C)(C)N(C)c2ccc([C@H]3[C@@H](c4ccccn4)NC(=S)N3c3ccc(Br)c(C)c3)cc21. The largest absolute Gasteiger partial charge is 0.366 e. The van der Waals surface area contributed by atoms with E-state index in [9.17, 15) is 0 Å². The van der Waals surface area contributed by atoms with Crippen molar-refractivity contribution in [2.24, 2.45) is 0 Å². The van der Waals surface area contributed by atoms with E-state index in [1.807, 2.05) is 18.3 Å². The van der Waals surface area contributed by atoms with Crippen molar-refractivity contribution in [3.63, 3.8) is 0 Å². The summed E-state index contributed by atoms with van der Waals surface area (Å²) in [6.45, 7) is 8.82. The molecular formula is C28H29BrN4S. The van der Waals surface area contributed by atoms with Crippen molar-refractivity contribution in [3.05, 3.63) is 93.7 Å². The van der Waals surface area contributed by atoms with Crippen LogP contribution in [0.15, 0.2) is 71.3 Å². The standard InChI is InChI=1S/C28H29BrN4S/c1-17-14-20(10-11-22(17)29)33-26(25(31-27(33)34)23-8-6-7-13-30-23)19-9-12-24-21(15-19)18(2)16-28(3,4)32(24)5/h6-16,25-26H,1-5H3,(H,31,34)/t25-,26+/m1/s1. The minimum Gasteiger partial charge on any atom is -0.366 e. The summed E-state index contributed by atoms with van der Waals surface area (Å²) in [6, 6.07) is 19.2. The van der Waals surface area contributed by atoms with E-state index in [1.54, 1.807) is 0 Å². The molecule has 5 rings (SSSR count). The molecule has 0 saturated carbocycles. The lowest BCUT2D eigenvalue weighted by Crippen LogP contribution is -2.42. The van der Waals surface area contributed by atoms with Gasteiger partial charge in [0.25, 0.3) is 0 Å². The van der Waals surface area contributed by atoms with Gasteiger partial charge in [-0.05, 0) is 99.1 Å². The molecule has 2 atom stereocenters. The molecule has 0 bridgehead atoms. The highest BCUT2D eigenvalue weighted by molar-refractivity contribution is 9.10. The van der Waals surface area contributed by atoms with E-state index in [1.165, 1.54) is 28.0 Å². The lowest BCUT2D eigenvalue weighted by atomic mass is 9.86. The van der Waals surface area contributed by atoms with Crippen molar-refractivity contribution in [2.75, 3.05) is 16.8 Å². The molecule has 3 aromatic rings. The Kier molecular flexibility index (Phi) is 5.77. The fourth-order valence-corrected chi connectivity index (χ4v) is 5.70. The average molecular weight is 534 g/mol. The molecule has 0 spiro atoms. The highest BCUT2D eigenvalue weighted by Gasteiger charge is 2.41. The molecule has 0 aliphatic carbocycles. The van der Waals surface area contributed by atoms with Crippen LogP contribution in [0.3, 0.4) is 0 Å². The van der Waals surface area contributed by atoms with Crippen LogP contribution in [-0.4, -0.2) is 22.7 Å². The predicted octanol–water partition coefficient (Wildman–Crippen LogP) is 6.96. The van der Waals surface area contributed by atoms with E-state index in [0.717, 1.165) is 15.9 Å². The van der Waals surface area contributed by atoms with E-state index in [2.05, 4.69) is 119 Å². The molecule has 6 heteroatoms. The van der Waals surface area contributed by atoms with Crippen molar-refractivity contribution < 1.29 is 0 Å². The molecule has 4 nitrogen and oxygen atoms in total. The van der Waals surface area contributed by atoms with Crippen LogP contribution >= 0.6 is 28.1 Å². The van der Waals surface area contributed by atoms with Crippen molar-refractivity contribution in [2.45, 2.75) is 45.3 Å². The maximum Gasteiger partial charge on any atom is 0.174 e. The van der Waals surface area contributed by atoms with E-state index in [-0.39, 0.29) is 17.6 Å². The molecule has 0 amide bonds. The number of hydrogen-bond donors (Lipinski definition) is 1. The molecule has 2 aliphatic rings. The summed E-state index contributed by atoms with van der Waals surface area (Å²) in [5.74, 6) is 0. The summed E-state index contributed by atoms with van der Waals surface area (Å²) >= 11 is 9.54. The Bertz CT molecular complexity index is 1300. The fraction of sp³-hybridized carbons (Fsp3) is 0.286. The van der Waals surface area contributed by atoms with E-state index in [4.69, 9.17) is 12.2 Å². The number of hydrogen-bond acceptors (Lipinski definition) is 3. The minimum atomic E-state index is -0.0576. The van der Waals surface area contributed by atoms with Crippen molar-refractivity contribution in [1.82, 2.24) is 10.3 Å². The maximum atomic E-state index is 5.90. The molecule has 174 valence electrons. The van der Waals surface area contributed by atoms with Crippen LogP contribution in [-0.2, 0) is 0 Å². The second kappa shape index (κ2) is 8.51. The van der Waals surface area contributed by atoms with Crippen LogP contribution in [0.1, 0.15) is 55.2 Å². The molecule has 3 heterocycles. The number of rotatable bonds is 3. The first-order chi connectivity index (χ1) is 16.2. The monoisotopic (exact) mass is 532 g/mol. The molecule has 2 aromatic carbocycles. The topological polar surface area (TPSA) is 31.4 Å². The number of likely N-dealkylation sites (N-methyl/N-ethyl adjacent to an activating group) is 1. The van der Waals surface area contributed by atoms with Gasteiger partial charge in [-0.15, -0.1) is 0 Å². The van der Waals surface area contributed by atoms with Gasteiger partial charge in [0.2, 0.25) is 0 Å². The third-order valence-electron chi connectivity index (χ3n) is 7.10. The zero-order valence-electron chi connectivity index (χ0n) is 20.1. The maximum absolute atomic E-state index is 5.90. The Labute approximate surface area is 215 Å². The van der Waals surface area contributed by atoms with Crippen LogP contribution < -0.4 is 15.1 Å². The number of thiocarbonyl (C=S) groups is 1. The first kappa shape index (κ1) is 23.1. The number of aryl methyl sites for hydroxylation is 1. The van der Waals surface area contributed by atoms with E-state index in [0.29, 0.717) is 5.11 Å². The lowest BCUT2D eigenvalue weighted by molar-refractivity contribution is 0.566. The Morgan fingerprint density at radius 3 is 2.56 bits per heavy atom. The summed E-state index contributed by atoms with van der Waals surface area (Å²) in [5, 5.41) is 4.29. The van der Waals surface area contributed by atoms with Crippen LogP contribution in [0.5, 0.6) is 0 Å². The Morgan fingerprint density at radius 2 is 1.85 bits per heavy atom. The molecule has 1 fully saturated rings. The van der Waals surface area contributed by atoms with Crippen LogP contribution in [0.2, 0.25) is 0 Å². The fourth-order valence-electron chi connectivity index (χ4n) is 5.11. The molecule has 1 saturated heterocycles. The first-order valence-electron chi connectivity index (χ1n) is 11.5. The number of allylic oxidation sites excluding steroid dienone is 1. The Morgan fingerprint density at radius 1 is 1.06 bits per heavy atom. The van der Waals surface area contributed by atoms with Gasteiger partial charge in [-0.2, -0.15) is 0 Å². The summed E-state index contributed by atoms with van der Waals surface area (Å²) in [6.07, 6.45) is 4.20. The smallest absolute Gasteiger partial charge is 0.174 e. The zero-order chi connectivity index (χ0) is 24.2. The molecule has 0 unspecified atom stereocenters. The van der Waals surface area contributed by atoms with Gasteiger partial charge < -0.3 is 15.1 Å². The summed E-state index contributed by atoms with van der Waals surface area (Å²) < 4.78 is 1.09. The Balaban J connectivity index is 1.67. The van der Waals surface area contributed by atoms with Gasteiger partial charge >= 0.3 is 0 Å². The molecule has 34 heavy (non-hydrogen) atoms. The van der Waals surface area contributed by atoms with E-state index >= 15 is 0 Å². The van der Waals surface area contributed by atoms with Gasteiger partial charge in [-0.1, -0.05) is 34.1 Å². The minimum absolute atomic E-state index is 0.0213. The van der Waals surface area contributed by atoms with Gasteiger partial charge in [0.05, 0.1) is 23.3 Å². The average Bonchev–Trinajstić information content (AvgIpc) is 3.16. The highest BCUT2D eigenvalue weighted by atomic mass is 79.9. The number of anilines is 2. The normalized spacial score (nSPS) is 21.2. The molecule has 2 aliphatic heterocycles. The molecule has 1 aromatic heterocycles. The van der Waals surface area contributed by atoms with Crippen molar-refractivity contribution in [1.29, 1.82) is 0 Å². The van der Waals surface area contributed by atoms with Gasteiger partial charge in [0.1, 0.15) is 0 Å². The number of aromatic nitrogens is 1. The Hall–Kier alpha value is -2.70. The van der Waals surface area contributed by atoms with Crippen LogP contribution in [0, 0.1) is 6.92 Å². The van der Waals surface area contributed by atoms with Gasteiger partial charge in [0.15, 0.2) is 5.11 Å².